The van der Waals surface area contributed by atoms with Gasteiger partial charge in [0, 0.05) is 5.56 Å². The van der Waals surface area contributed by atoms with Gasteiger partial charge in [0.25, 0.3) is 0 Å². The van der Waals surface area contributed by atoms with E-state index in [1.807, 2.05) is 30.3 Å². The fourth-order valence-electron chi connectivity index (χ4n) is 4.65. The van der Waals surface area contributed by atoms with Crippen molar-refractivity contribution in [1.82, 2.24) is 0 Å². The van der Waals surface area contributed by atoms with Gasteiger partial charge in [0.2, 0.25) is 12.0 Å². The molecular formula is C32H44O10. The van der Waals surface area contributed by atoms with Crippen LogP contribution in [0.3, 0.4) is 0 Å². The summed E-state index contributed by atoms with van der Waals surface area (Å²) in [5.41, 5.74) is 0.922. The molecule has 10 heteroatoms. The molecule has 0 radical (unpaired) electrons. The first-order valence-corrected chi connectivity index (χ1v) is 15.1. The fourth-order valence-corrected chi connectivity index (χ4v) is 4.65. The number of fused-ring (bicyclic) bond motifs is 1. The number of rotatable bonds is 15. The van der Waals surface area contributed by atoms with Crippen LogP contribution in [0.4, 0.5) is 0 Å². The molecule has 6 atom stereocenters. The Kier molecular flexibility index (Phi) is 12.3. The molecule has 0 amide bonds. The molecule has 1 unspecified atom stereocenters. The smallest absolute Gasteiger partial charge is 0.340 e. The average molecular weight is 589 g/mol. The van der Waals surface area contributed by atoms with E-state index in [0.29, 0.717) is 37.1 Å². The lowest BCUT2D eigenvalue weighted by molar-refractivity contribution is -0.353. The summed E-state index contributed by atoms with van der Waals surface area (Å²) in [5, 5.41) is 21.7. The summed E-state index contributed by atoms with van der Waals surface area (Å²) in [6, 6.07) is 12.4. The molecule has 42 heavy (non-hydrogen) atoms. The van der Waals surface area contributed by atoms with Gasteiger partial charge >= 0.3 is 5.97 Å². The summed E-state index contributed by atoms with van der Waals surface area (Å²) in [6.45, 7) is 7.65. The lowest BCUT2D eigenvalue weighted by Gasteiger charge is -2.45. The normalized spacial score (nSPS) is 25.4. The van der Waals surface area contributed by atoms with Gasteiger partial charge in [0.15, 0.2) is 17.8 Å². The van der Waals surface area contributed by atoms with Crippen LogP contribution in [0, 0.1) is 0 Å². The number of carbonyl (C=O) groups is 1. The fraction of sp³-hybridized carbons (Fsp3) is 0.594. The maximum atomic E-state index is 13.4. The first kappa shape index (κ1) is 32.0. The summed E-state index contributed by atoms with van der Waals surface area (Å²) in [5.74, 6) is 0.438. The molecule has 2 fully saturated rings. The van der Waals surface area contributed by atoms with Crippen molar-refractivity contribution in [3.63, 3.8) is 0 Å². The average Bonchev–Trinajstić information content (AvgIpc) is 3.01. The molecule has 2 aliphatic rings. The van der Waals surface area contributed by atoms with Gasteiger partial charge in [-0.05, 0) is 31.4 Å². The minimum atomic E-state index is -1.54. The van der Waals surface area contributed by atoms with E-state index in [4.69, 9.17) is 33.2 Å². The summed E-state index contributed by atoms with van der Waals surface area (Å²) in [4.78, 5) is 13.4. The summed E-state index contributed by atoms with van der Waals surface area (Å²) in [6.07, 6.45) is -1.34. The highest BCUT2D eigenvalue weighted by atomic mass is 16.8. The third kappa shape index (κ3) is 8.14. The number of carbonyl (C=O) groups excluding carboxylic acids is 1. The number of hydrogen-bond donors (Lipinski definition) is 2. The molecule has 10 nitrogen and oxygen atoms in total. The van der Waals surface area contributed by atoms with Crippen molar-refractivity contribution < 1.29 is 48.2 Å². The molecule has 2 aromatic rings. The van der Waals surface area contributed by atoms with Crippen molar-refractivity contribution in [2.75, 3.05) is 26.4 Å². The van der Waals surface area contributed by atoms with Gasteiger partial charge in [0.05, 0.1) is 32.0 Å². The number of aliphatic hydroxyl groups is 2. The second-order valence-corrected chi connectivity index (χ2v) is 10.5. The Bertz CT molecular complexity index is 1080. The third-order valence-electron chi connectivity index (χ3n) is 7.14. The summed E-state index contributed by atoms with van der Waals surface area (Å²) >= 11 is 0. The van der Waals surface area contributed by atoms with Crippen LogP contribution in [0.1, 0.15) is 81.5 Å². The van der Waals surface area contributed by atoms with Crippen molar-refractivity contribution in [2.24, 2.45) is 0 Å². The molecule has 4 rings (SSSR count). The van der Waals surface area contributed by atoms with Crippen LogP contribution < -0.4 is 14.2 Å². The van der Waals surface area contributed by atoms with Gasteiger partial charge in [-0.3, -0.25) is 0 Å². The number of unbranched alkanes of at least 4 members (excludes halogenated alkanes) is 3. The number of esters is 1. The first-order valence-electron chi connectivity index (χ1n) is 15.1. The van der Waals surface area contributed by atoms with E-state index in [1.54, 1.807) is 12.1 Å². The van der Waals surface area contributed by atoms with Gasteiger partial charge < -0.3 is 43.4 Å². The van der Waals surface area contributed by atoms with E-state index in [2.05, 4.69) is 20.8 Å². The number of benzene rings is 2. The lowest BCUT2D eigenvalue weighted by atomic mass is 9.98. The van der Waals surface area contributed by atoms with E-state index in [0.717, 1.165) is 44.1 Å². The quantitative estimate of drug-likeness (QED) is 0.219. The number of hydrogen-bond acceptors (Lipinski definition) is 10. The zero-order chi connectivity index (χ0) is 29.9. The molecule has 0 aromatic heterocycles. The van der Waals surface area contributed by atoms with Crippen LogP contribution in [-0.2, 0) is 18.9 Å². The second kappa shape index (κ2) is 16.1. The molecule has 0 saturated carbocycles. The van der Waals surface area contributed by atoms with E-state index in [9.17, 15) is 15.0 Å². The van der Waals surface area contributed by atoms with Crippen LogP contribution in [0.15, 0.2) is 42.5 Å². The van der Waals surface area contributed by atoms with E-state index in [1.165, 1.54) is 0 Å². The summed E-state index contributed by atoms with van der Waals surface area (Å²) < 4.78 is 41.3. The highest BCUT2D eigenvalue weighted by molar-refractivity contribution is 5.91. The zero-order valence-corrected chi connectivity index (χ0v) is 24.7. The molecular weight excluding hydrogens is 544 g/mol. The largest absolute Gasteiger partial charge is 0.490 e. The Balaban J connectivity index is 1.50. The molecule has 232 valence electrons. The van der Waals surface area contributed by atoms with Gasteiger partial charge in [-0.25, -0.2) is 4.79 Å². The van der Waals surface area contributed by atoms with Gasteiger partial charge in [-0.2, -0.15) is 0 Å². The van der Waals surface area contributed by atoms with Gasteiger partial charge in [-0.15, -0.1) is 0 Å². The van der Waals surface area contributed by atoms with Gasteiger partial charge in [-0.1, -0.05) is 70.4 Å². The molecule has 2 heterocycles. The molecule has 2 N–H and O–H groups in total. The monoisotopic (exact) mass is 588 g/mol. The van der Waals surface area contributed by atoms with E-state index in [-0.39, 0.29) is 12.2 Å². The van der Waals surface area contributed by atoms with E-state index < -0.39 is 43.0 Å². The molecule has 0 aliphatic carbocycles. The van der Waals surface area contributed by atoms with Gasteiger partial charge in [0.1, 0.15) is 24.4 Å². The molecule has 2 aliphatic heterocycles. The summed E-state index contributed by atoms with van der Waals surface area (Å²) in [7, 11) is 0. The van der Waals surface area contributed by atoms with Crippen molar-refractivity contribution in [1.29, 1.82) is 0 Å². The minimum absolute atomic E-state index is 0.0800. The highest BCUT2D eigenvalue weighted by Gasteiger charge is 2.50. The predicted molar refractivity (Wildman–Crippen MR) is 154 cm³/mol. The van der Waals surface area contributed by atoms with Crippen LogP contribution in [0.2, 0.25) is 0 Å². The standard InChI is InChI=1S/C32H44O10/c1-4-7-15-36-23-18-22(19-24(37-16-8-5-2)28(23)38-17-9-6-3)30(35)42-32-27(34)26(33)29-25(40-32)20-39-31(41-29)21-13-11-10-12-14-21/h10-14,18-19,25-27,29,31-34H,4-9,15-17,20H2,1-3H3/t25-,26-,27-,29-,31?,32+/m1/s1. The van der Waals surface area contributed by atoms with Crippen molar-refractivity contribution >= 4 is 5.97 Å². The van der Waals surface area contributed by atoms with Crippen LogP contribution in [0.25, 0.3) is 0 Å². The Morgan fingerprint density at radius 2 is 1.43 bits per heavy atom. The van der Waals surface area contributed by atoms with Crippen molar-refractivity contribution in [3.05, 3.63) is 53.6 Å². The molecule has 2 aromatic carbocycles. The topological polar surface area (TPSA) is 122 Å². The zero-order valence-electron chi connectivity index (χ0n) is 24.7. The molecule has 0 spiro atoms. The maximum absolute atomic E-state index is 13.4. The Morgan fingerprint density at radius 1 is 0.833 bits per heavy atom. The third-order valence-corrected chi connectivity index (χ3v) is 7.14. The Labute approximate surface area is 247 Å². The highest BCUT2D eigenvalue weighted by Crippen LogP contribution is 2.40. The first-order chi connectivity index (χ1) is 20.5. The Hall–Kier alpha value is -2.89. The van der Waals surface area contributed by atoms with Crippen molar-refractivity contribution in [2.45, 2.75) is 96.3 Å². The van der Waals surface area contributed by atoms with Crippen LogP contribution >= 0.6 is 0 Å². The number of ether oxygens (including phenoxy) is 7. The van der Waals surface area contributed by atoms with Crippen molar-refractivity contribution in [3.8, 4) is 17.2 Å². The molecule has 2 saturated heterocycles. The maximum Gasteiger partial charge on any atom is 0.340 e. The molecule has 0 bridgehead atoms. The predicted octanol–water partition coefficient (Wildman–Crippen LogP) is 4.94. The van der Waals surface area contributed by atoms with Crippen LogP contribution in [-0.4, -0.2) is 73.3 Å². The Morgan fingerprint density at radius 3 is 2.02 bits per heavy atom. The SMILES string of the molecule is CCCCOc1cc(C(=O)O[C@@H]2O[C@@H]3COC(c4ccccc4)O[C@H]3[C@H](O)[C@H]2O)cc(OCCCC)c1OCCCC. The second-order valence-electron chi connectivity index (χ2n) is 10.5. The van der Waals surface area contributed by atoms with E-state index >= 15 is 0 Å². The lowest BCUT2D eigenvalue weighted by Crippen LogP contribution is -2.62. The minimum Gasteiger partial charge on any atom is -0.490 e. The number of aliphatic hydroxyl groups excluding tert-OH is 2. The van der Waals surface area contributed by atoms with Crippen LogP contribution in [0.5, 0.6) is 17.2 Å².